The zero-order valence-corrected chi connectivity index (χ0v) is 19.9. The molecule has 4 aromatic rings. The van der Waals surface area contributed by atoms with Crippen molar-refractivity contribution in [3.8, 4) is 11.5 Å². The number of hydrogen-bond donors (Lipinski definition) is 1. The minimum atomic E-state index is -0.437. The Kier molecular flexibility index (Phi) is 6.69. The minimum absolute atomic E-state index is 0.320. The second-order valence-electron chi connectivity index (χ2n) is 8.94. The van der Waals surface area contributed by atoms with E-state index in [1.54, 1.807) is 60.7 Å². The number of benzene rings is 4. The number of esters is 2. The van der Waals surface area contributed by atoms with E-state index in [2.05, 4.69) is 13.8 Å². The molecule has 4 rings (SSSR count). The molecule has 0 aromatic heterocycles. The van der Waals surface area contributed by atoms with Crippen LogP contribution in [0.2, 0.25) is 0 Å². The van der Waals surface area contributed by atoms with Crippen LogP contribution in [0.25, 0.3) is 0 Å². The van der Waals surface area contributed by atoms with Crippen LogP contribution in [0.5, 0.6) is 11.5 Å². The van der Waals surface area contributed by atoms with Gasteiger partial charge in [0.15, 0.2) is 0 Å². The second-order valence-corrected chi connectivity index (χ2v) is 8.94. The Morgan fingerprint density at radius 1 is 0.600 bits per heavy atom. The van der Waals surface area contributed by atoms with Crippen LogP contribution in [0, 0.1) is 6.92 Å². The van der Waals surface area contributed by atoms with Crippen LogP contribution in [-0.2, 0) is 5.41 Å². The van der Waals surface area contributed by atoms with E-state index in [0.29, 0.717) is 28.3 Å². The molecule has 176 valence electrons. The number of carbonyl (C=O) groups excluding carboxylic acids is 2. The predicted octanol–water partition coefficient (Wildman–Crippen LogP) is 6.34. The van der Waals surface area contributed by atoms with Gasteiger partial charge in [-0.1, -0.05) is 55.8 Å². The van der Waals surface area contributed by atoms with Gasteiger partial charge in [-0.05, 0) is 78.7 Å². The molecule has 0 unspecified atom stereocenters. The summed E-state index contributed by atoms with van der Waals surface area (Å²) in [5.41, 5.74) is 10.1. The first kappa shape index (κ1) is 23.8. The number of anilines is 1. The number of rotatable bonds is 6. The highest BCUT2D eigenvalue weighted by atomic mass is 16.5. The topological polar surface area (TPSA) is 78.6 Å². The van der Waals surface area contributed by atoms with Crippen molar-refractivity contribution < 1.29 is 19.1 Å². The van der Waals surface area contributed by atoms with Crippen LogP contribution in [0.1, 0.15) is 51.3 Å². The average Bonchev–Trinajstić information content (AvgIpc) is 2.85. The molecule has 2 N–H and O–H groups in total. The molecule has 0 atom stereocenters. The number of nitrogens with two attached hydrogens (primary N) is 1. The lowest BCUT2D eigenvalue weighted by atomic mass is 9.78. The highest BCUT2D eigenvalue weighted by Gasteiger charge is 2.23. The fraction of sp³-hybridized carbons (Fsp3) is 0.133. The third kappa shape index (κ3) is 5.58. The molecule has 5 nitrogen and oxygen atoms in total. The zero-order valence-electron chi connectivity index (χ0n) is 19.9. The molecular weight excluding hydrogens is 438 g/mol. The van der Waals surface area contributed by atoms with Gasteiger partial charge in [-0.25, -0.2) is 9.59 Å². The molecule has 0 saturated heterocycles. The molecule has 5 heteroatoms. The third-order valence-electron chi connectivity index (χ3n) is 6.01. The van der Waals surface area contributed by atoms with E-state index in [0.717, 1.165) is 16.7 Å². The van der Waals surface area contributed by atoms with Gasteiger partial charge >= 0.3 is 11.9 Å². The van der Waals surface area contributed by atoms with Crippen LogP contribution < -0.4 is 15.2 Å². The van der Waals surface area contributed by atoms with E-state index >= 15 is 0 Å². The molecule has 35 heavy (non-hydrogen) atoms. The van der Waals surface area contributed by atoms with Crippen molar-refractivity contribution in [2.24, 2.45) is 0 Å². The van der Waals surface area contributed by atoms with Crippen molar-refractivity contribution in [2.75, 3.05) is 5.73 Å². The van der Waals surface area contributed by atoms with Gasteiger partial charge in [-0.2, -0.15) is 0 Å². The first-order valence-corrected chi connectivity index (χ1v) is 11.3. The first-order valence-electron chi connectivity index (χ1n) is 11.3. The van der Waals surface area contributed by atoms with Gasteiger partial charge in [-0.15, -0.1) is 0 Å². The molecule has 0 aliphatic rings. The van der Waals surface area contributed by atoms with Crippen molar-refractivity contribution in [1.82, 2.24) is 0 Å². The maximum Gasteiger partial charge on any atom is 0.343 e. The van der Waals surface area contributed by atoms with Gasteiger partial charge in [0.25, 0.3) is 0 Å². The summed E-state index contributed by atoms with van der Waals surface area (Å²) in [7, 11) is 0. The molecule has 0 radical (unpaired) electrons. The average molecular weight is 466 g/mol. The Morgan fingerprint density at radius 3 is 1.37 bits per heavy atom. The van der Waals surface area contributed by atoms with Crippen LogP contribution in [0.4, 0.5) is 5.69 Å². The Labute approximate surface area is 205 Å². The van der Waals surface area contributed by atoms with Crippen LogP contribution in [0.3, 0.4) is 0 Å². The second kappa shape index (κ2) is 9.85. The standard InChI is InChI=1S/C30H27NO4/c1-20-4-6-21(7-5-20)28(32)34-26-16-10-23(11-17-26)30(2,3)24-12-18-27(19-13-24)35-29(33)22-8-14-25(31)15-9-22/h4-19H,31H2,1-3H3. The molecule has 0 amide bonds. The van der Waals surface area contributed by atoms with E-state index in [-0.39, 0.29) is 11.4 Å². The third-order valence-corrected chi connectivity index (χ3v) is 6.01. The van der Waals surface area contributed by atoms with Gasteiger partial charge in [0.05, 0.1) is 11.1 Å². The monoisotopic (exact) mass is 465 g/mol. The molecule has 0 fully saturated rings. The SMILES string of the molecule is Cc1ccc(C(=O)Oc2ccc(C(C)(C)c3ccc(OC(=O)c4ccc(N)cc4)cc3)cc2)cc1. The van der Waals surface area contributed by atoms with Crippen molar-refractivity contribution in [2.45, 2.75) is 26.2 Å². The zero-order chi connectivity index (χ0) is 25.0. The van der Waals surface area contributed by atoms with Crippen molar-refractivity contribution in [3.63, 3.8) is 0 Å². The molecule has 0 saturated carbocycles. The fourth-order valence-corrected chi connectivity index (χ4v) is 3.69. The first-order chi connectivity index (χ1) is 16.7. The normalized spacial score (nSPS) is 11.1. The summed E-state index contributed by atoms with van der Waals surface area (Å²) in [5.74, 6) is 0.124. The minimum Gasteiger partial charge on any atom is -0.423 e. The van der Waals surface area contributed by atoms with Crippen LogP contribution >= 0.6 is 0 Å². The van der Waals surface area contributed by atoms with Gasteiger partial charge in [0.2, 0.25) is 0 Å². The lowest BCUT2D eigenvalue weighted by Crippen LogP contribution is -2.19. The van der Waals surface area contributed by atoms with Gasteiger partial charge in [0.1, 0.15) is 11.5 Å². The Balaban J connectivity index is 1.43. The Hall–Kier alpha value is -4.38. The lowest BCUT2D eigenvalue weighted by Gasteiger charge is -2.26. The predicted molar refractivity (Wildman–Crippen MR) is 137 cm³/mol. The van der Waals surface area contributed by atoms with Gasteiger partial charge < -0.3 is 15.2 Å². The maximum atomic E-state index is 12.4. The number of ether oxygens (including phenoxy) is 2. The van der Waals surface area contributed by atoms with Crippen LogP contribution in [0.15, 0.2) is 97.1 Å². The fourth-order valence-electron chi connectivity index (χ4n) is 3.69. The summed E-state index contributed by atoms with van der Waals surface area (Å²) in [6, 6.07) is 28.8. The summed E-state index contributed by atoms with van der Waals surface area (Å²) >= 11 is 0. The number of hydrogen-bond acceptors (Lipinski definition) is 5. The number of aryl methyl sites for hydroxylation is 1. The molecule has 0 bridgehead atoms. The summed E-state index contributed by atoms with van der Waals surface area (Å²) in [6.45, 7) is 6.18. The lowest BCUT2D eigenvalue weighted by molar-refractivity contribution is 0.0725. The molecule has 4 aromatic carbocycles. The van der Waals surface area contributed by atoms with E-state index in [1.807, 2.05) is 43.3 Å². The summed E-state index contributed by atoms with van der Waals surface area (Å²) in [6.07, 6.45) is 0. The molecular formula is C30H27NO4. The summed E-state index contributed by atoms with van der Waals surface area (Å²) in [5, 5.41) is 0. The molecule has 0 aliphatic carbocycles. The largest absolute Gasteiger partial charge is 0.423 e. The number of carbonyl (C=O) groups is 2. The molecule has 0 heterocycles. The van der Waals surface area contributed by atoms with Gasteiger partial charge in [0, 0.05) is 11.1 Å². The summed E-state index contributed by atoms with van der Waals surface area (Å²) in [4.78, 5) is 24.7. The van der Waals surface area contributed by atoms with Crippen molar-refractivity contribution >= 4 is 17.6 Å². The Morgan fingerprint density at radius 2 is 0.971 bits per heavy atom. The summed E-state index contributed by atoms with van der Waals surface area (Å²) < 4.78 is 11.0. The van der Waals surface area contributed by atoms with Crippen molar-refractivity contribution in [3.05, 3.63) is 125 Å². The van der Waals surface area contributed by atoms with Gasteiger partial charge in [-0.3, -0.25) is 0 Å². The molecule has 0 spiro atoms. The highest BCUT2D eigenvalue weighted by molar-refractivity contribution is 5.91. The quantitative estimate of drug-likeness (QED) is 0.204. The van der Waals surface area contributed by atoms with Crippen LogP contribution in [-0.4, -0.2) is 11.9 Å². The molecule has 0 aliphatic heterocycles. The maximum absolute atomic E-state index is 12.4. The van der Waals surface area contributed by atoms with E-state index in [1.165, 1.54) is 0 Å². The number of nitrogen functional groups attached to an aromatic ring is 1. The highest BCUT2D eigenvalue weighted by Crippen LogP contribution is 2.33. The van der Waals surface area contributed by atoms with E-state index in [9.17, 15) is 9.59 Å². The Bertz CT molecular complexity index is 1220. The smallest absolute Gasteiger partial charge is 0.343 e. The van der Waals surface area contributed by atoms with Crippen molar-refractivity contribution in [1.29, 1.82) is 0 Å². The van der Waals surface area contributed by atoms with E-state index < -0.39 is 5.97 Å². The van der Waals surface area contributed by atoms with E-state index in [4.69, 9.17) is 15.2 Å².